The van der Waals surface area contributed by atoms with E-state index < -0.39 is 13.0 Å². The highest BCUT2D eigenvalue weighted by Crippen LogP contribution is 2.22. The van der Waals surface area contributed by atoms with Crippen LogP contribution in [-0.2, 0) is 4.74 Å². The molecule has 0 aliphatic heterocycles. The van der Waals surface area contributed by atoms with Crippen LogP contribution >= 0.6 is 0 Å². The van der Waals surface area contributed by atoms with Gasteiger partial charge in [-0.1, -0.05) is 45.0 Å². The Kier molecular flexibility index (Phi) is 8.47. The first kappa shape index (κ1) is 18.1. The lowest BCUT2D eigenvalue weighted by atomic mass is 9.95. The summed E-state index contributed by atoms with van der Waals surface area (Å²) in [7, 11) is 0. The normalized spacial score (nSPS) is 14.4. The van der Waals surface area contributed by atoms with Crippen molar-refractivity contribution in [1.29, 1.82) is 0 Å². The molecule has 0 aliphatic carbocycles. The summed E-state index contributed by atoms with van der Waals surface area (Å²) in [5, 5.41) is 3.38. The van der Waals surface area contributed by atoms with Crippen LogP contribution < -0.4 is 5.32 Å². The molecule has 1 aromatic carbocycles. The number of nitrogens with one attached hydrogen (secondary N) is 1. The van der Waals surface area contributed by atoms with Crippen LogP contribution in [0.1, 0.15) is 56.7 Å². The van der Waals surface area contributed by atoms with Crippen LogP contribution in [0.2, 0.25) is 0 Å². The zero-order valence-corrected chi connectivity index (χ0v) is 13.2. The third kappa shape index (κ3) is 6.53. The molecule has 0 saturated carbocycles. The van der Waals surface area contributed by atoms with E-state index in [-0.39, 0.29) is 6.04 Å². The standard InChI is InChI=1S/C17H27F2NO/c1-4-13(3)14-6-8-15(9-7-14)16(20-5-2)10-11-21-12-17(18)19/h6-9,13,16-17,20H,4-5,10-12H2,1-3H3. The van der Waals surface area contributed by atoms with Crippen molar-refractivity contribution in [3.05, 3.63) is 35.4 Å². The Morgan fingerprint density at radius 2 is 1.71 bits per heavy atom. The van der Waals surface area contributed by atoms with E-state index >= 15 is 0 Å². The van der Waals surface area contributed by atoms with Crippen LogP contribution in [0.15, 0.2) is 24.3 Å². The minimum absolute atomic E-state index is 0.152. The SMILES string of the molecule is CCNC(CCOCC(F)F)c1ccc(C(C)CC)cc1. The molecule has 0 amide bonds. The third-order valence-corrected chi connectivity index (χ3v) is 3.77. The van der Waals surface area contributed by atoms with Gasteiger partial charge in [0.1, 0.15) is 6.61 Å². The number of alkyl halides is 2. The fourth-order valence-corrected chi connectivity index (χ4v) is 2.30. The van der Waals surface area contributed by atoms with E-state index in [1.807, 2.05) is 6.92 Å². The van der Waals surface area contributed by atoms with E-state index in [9.17, 15) is 8.78 Å². The van der Waals surface area contributed by atoms with Gasteiger partial charge >= 0.3 is 0 Å². The number of halogens is 2. The average Bonchev–Trinajstić information content (AvgIpc) is 2.49. The first-order valence-electron chi connectivity index (χ1n) is 7.77. The molecule has 2 nitrogen and oxygen atoms in total. The van der Waals surface area contributed by atoms with Crippen molar-refractivity contribution >= 4 is 0 Å². The molecule has 4 heteroatoms. The highest BCUT2D eigenvalue weighted by molar-refractivity contribution is 5.27. The highest BCUT2D eigenvalue weighted by atomic mass is 19.3. The van der Waals surface area contributed by atoms with Gasteiger partial charge in [0.2, 0.25) is 0 Å². The van der Waals surface area contributed by atoms with Gasteiger partial charge in [0.05, 0.1) is 0 Å². The second-order valence-electron chi connectivity index (χ2n) is 5.34. The Balaban J connectivity index is 2.58. The van der Waals surface area contributed by atoms with E-state index in [2.05, 4.69) is 43.4 Å². The highest BCUT2D eigenvalue weighted by Gasteiger charge is 2.12. The predicted octanol–water partition coefficient (Wildman–Crippen LogP) is 4.52. The smallest absolute Gasteiger partial charge is 0.261 e. The number of hydrogen-bond donors (Lipinski definition) is 1. The van der Waals surface area contributed by atoms with Crippen LogP contribution in [0.5, 0.6) is 0 Å². The summed E-state index contributed by atoms with van der Waals surface area (Å²) in [5.41, 5.74) is 2.52. The van der Waals surface area contributed by atoms with E-state index in [0.717, 1.165) is 13.0 Å². The zero-order valence-electron chi connectivity index (χ0n) is 13.2. The summed E-state index contributed by atoms with van der Waals surface area (Å²) < 4.78 is 29.1. The average molecular weight is 299 g/mol. The van der Waals surface area contributed by atoms with Crippen molar-refractivity contribution in [2.24, 2.45) is 0 Å². The van der Waals surface area contributed by atoms with Crippen LogP contribution in [0.25, 0.3) is 0 Å². The van der Waals surface area contributed by atoms with Crippen molar-refractivity contribution in [2.75, 3.05) is 19.8 Å². The van der Waals surface area contributed by atoms with E-state index in [1.165, 1.54) is 11.1 Å². The largest absolute Gasteiger partial charge is 0.375 e. The number of rotatable bonds is 10. The molecule has 1 rings (SSSR count). The fourth-order valence-electron chi connectivity index (χ4n) is 2.30. The third-order valence-electron chi connectivity index (χ3n) is 3.77. The summed E-state index contributed by atoms with van der Waals surface area (Å²) in [6.45, 7) is 7.14. The number of ether oxygens (including phenoxy) is 1. The van der Waals surface area contributed by atoms with Crippen molar-refractivity contribution in [1.82, 2.24) is 5.32 Å². The number of benzene rings is 1. The topological polar surface area (TPSA) is 21.3 Å². The Labute approximate surface area is 126 Å². The van der Waals surface area contributed by atoms with Gasteiger partial charge in [-0.25, -0.2) is 8.78 Å². The molecule has 0 bridgehead atoms. The predicted molar refractivity (Wildman–Crippen MR) is 83.0 cm³/mol. The second kappa shape index (κ2) is 9.85. The number of hydrogen-bond acceptors (Lipinski definition) is 2. The molecule has 1 aromatic rings. The maximum absolute atomic E-state index is 12.0. The molecule has 0 aliphatic rings. The molecule has 0 heterocycles. The zero-order chi connectivity index (χ0) is 15.7. The van der Waals surface area contributed by atoms with Crippen molar-refractivity contribution in [3.63, 3.8) is 0 Å². The van der Waals surface area contributed by atoms with Crippen LogP contribution in [-0.4, -0.2) is 26.2 Å². The Morgan fingerprint density at radius 3 is 2.24 bits per heavy atom. The molecular formula is C17H27F2NO. The summed E-state index contributed by atoms with van der Waals surface area (Å²) in [4.78, 5) is 0. The molecule has 0 fully saturated rings. The van der Waals surface area contributed by atoms with Gasteiger partial charge in [-0.15, -0.1) is 0 Å². The summed E-state index contributed by atoms with van der Waals surface area (Å²) >= 11 is 0. The van der Waals surface area contributed by atoms with Crippen LogP contribution in [0.4, 0.5) is 8.78 Å². The Bertz CT molecular complexity index is 381. The minimum Gasteiger partial charge on any atom is -0.375 e. The van der Waals surface area contributed by atoms with Gasteiger partial charge in [0.15, 0.2) is 0 Å². The van der Waals surface area contributed by atoms with Crippen molar-refractivity contribution in [2.45, 2.75) is 52.0 Å². The van der Waals surface area contributed by atoms with Gasteiger partial charge < -0.3 is 10.1 Å². The molecule has 0 saturated heterocycles. The molecule has 0 aromatic heterocycles. The van der Waals surface area contributed by atoms with E-state index in [4.69, 9.17) is 4.74 Å². The summed E-state index contributed by atoms with van der Waals surface area (Å²) in [6.07, 6.45) is -0.571. The molecule has 0 radical (unpaired) electrons. The second-order valence-corrected chi connectivity index (χ2v) is 5.34. The maximum Gasteiger partial charge on any atom is 0.261 e. The molecular weight excluding hydrogens is 272 g/mol. The minimum atomic E-state index is -2.39. The van der Waals surface area contributed by atoms with Gasteiger partial charge in [-0.3, -0.25) is 0 Å². The first-order valence-corrected chi connectivity index (χ1v) is 7.77. The Hall–Kier alpha value is -1.00. The summed E-state index contributed by atoms with van der Waals surface area (Å²) in [6, 6.07) is 8.73. The molecule has 0 spiro atoms. The monoisotopic (exact) mass is 299 g/mol. The lowest BCUT2D eigenvalue weighted by molar-refractivity contribution is 0.0144. The van der Waals surface area contributed by atoms with Crippen molar-refractivity contribution < 1.29 is 13.5 Å². The van der Waals surface area contributed by atoms with Gasteiger partial charge in [0, 0.05) is 12.6 Å². The lowest BCUT2D eigenvalue weighted by Gasteiger charge is -2.19. The molecule has 2 atom stereocenters. The van der Waals surface area contributed by atoms with Crippen LogP contribution in [0, 0.1) is 0 Å². The van der Waals surface area contributed by atoms with Gasteiger partial charge in [0.25, 0.3) is 6.43 Å². The van der Waals surface area contributed by atoms with Gasteiger partial charge in [-0.05, 0) is 36.4 Å². The van der Waals surface area contributed by atoms with Crippen molar-refractivity contribution in [3.8, 4) is 0 Å². The van der Waals surface area contributed by atoms with E-state index in [1.54, 1.807) is 0 Å². The van der Waals surface area contributed by atoms with E-state index in [0.29, 0.717) is 18.9 Å². The molecule has 120 valence electrons. The fraction of sp³-hybridized carbons (Fsp3) is 0.647. The molecule has 1 N–H and O–H groups in total. The maximum atomic E-state index is 12.0. The van der Waals surface area contributed by atoms with Gasteiger partial charge in [-0.2, -0.15) is 0 Å². The lowest BCUT2D eigenvalue weighted by Crippen LogP contribution is -2.22. The quantitative estimate of drug-likeness (QED) is 0.641. The Morgan fingerprint density at radius 1 is 1.10 bits per heavy atom. The molecule has 21 heavy (non-hydrogen) atoms. The van der Waals surface area contributed by atoms with Crippen LogP contribution in [0.3, 0.4) is 0 Å². The summed E-state index contributed by atoms with van der Waals surface area (Å²) in [5.74, 6) is 0.561. The molecule has 2 unspecified atom stereocenters. The first-order chi connectivity index (χ1) is 10.1.